The molecule has 134 valence electrons. The number of rotatable bonds is 4. The normalized spacial score (nSPS) is 15.3. The molecule has 3 aromatic rings. The molecule has 6 nitrogen and oxygen atoms in total. The minimum atomic E-state index is -0.553. The van der Waals surface area contributed by atoms with Gasteiger partial charge in [0.2, 0.25) is 5.76 Å². The van der Waals surface area contributed by atoms with Gasteiger partial charge in [-0.25, -0.2) is 4.79 Å². The number of esters is 1. The summed E-state index contributed by atoms with van der Waals surface area (Å²) in [7, 11) is 0. The number of hydrogen-bond donors (Lipinski definition) is 1. The molecule has 1 saturated heterocycles. The molecule has 1 aromatic carbocycles. The van der Waals surface area contributed by atoms with E-state index in [9.17, 15) is 4.79 Å². The molecule has 2 aromatic heterocycles. The van der Waals surface area contributed by atoms with E-state index in [0.29, 0.717) is 22.8 Å². The number of carbonyl (C=O) groups is 1. The van der Waals surface area contributed by atoms with Crippen LogP contribution >= 0.6 is 11.6 Å². The Morgan fingerprint density at radius 3 is 2.88 bits per heavy atom. The molecule has 4 rings (SSSR count). The predicted molar refractivity (Wildman–Crippen MR) is 95.6 cm³/mol. The Hall–Kier alpha value is -2.41. The summed E-state index contributed by atoms with van der Waals surface area (Å²) in [6.45, 7) is 3.90. The number of carbonyl (C=O) groups excluding carboxylic acids is 1. The second kappa shape index (κ2) is 7.45. The second-order valence-electron chi connectivity index (χ2n) is 6.15. The molecule has 26 heavy (non-hydrogen) atoms. The van der Waals surface area contributed by atoms with Crippen molar-refractivity contribution in [3.05, 3.63) is 59.1 Å². The first-order chi connectivity index (χ1) is 12.7. The SMILES string of the molecule is O=C(Oc1c(C[NH+]2CCOCC2)cc(Cl)c2cccnc12)c1ccco1. The zero-order valence-corrected chi connectivity index (χ0v) is 14.8. The fraction of sp³-hybridized carbons (Fsp3) is 0.263. The number of fused-ring (bicyclic) bond motifs is 1. The number of hydrogen-bond acceptors (Lipinski definition) is 5. The Morgan fingerprint density at radius 2 is 2.12 bits per heavy atom. The number of ether oxygens (including phenoxy) is 2. The number of nitrogens with one attached hydrogen (secondary N) is 1. The van der Waals surface area contributed by atoms with Gasteiger partial charge in [-0.3, -0.25) is 4.98 Å². The van der Waals surface area contributed by atoms with Crippen molar-refractivity contribution in [2.24, 2.45) is 0 Å². The van der Waals surface area contributed by atoms with Crippen molar-refractivity contribution in [3.63, 3.8) is 0 Å². The highest BCUT2D eigenvalue weighted by molar-refractivity contribution is 6.35. The van der Waals surface area contributed by atoms with E-state index in [1.807, 2.05) is 12.1 Å². The number of quaternary nitrogens is 1. The fourth-order valence-electron chi connectivity index (χ4n) is 3.12. The number of aromatic nitrogens is 1. The molecule has 1 N–H and O–H groups in total. The maximum atomic E-state index is 12.4. The van der Waals surface area contributed by atoms with E-state index in [1.54, 1.807) is 24.4 Å². The van der Waals surface area contributed by atoms with Gasteiger partial charge in [0.15, 0.2) is 5.75 Å². The molecule has 0 atom stereocenters. The van der Waals surface area contributed by atoms with E-state index < -0.39 is 5.97 Å². The van der Waals surface area contributed by atoms with Gasteiger partial charge in [0.25, 0.3) is 0 Å². The molecule has 0 saturated carbocycles. The molecule has 3 heterocycles. The zero-order valence-electron chi connectivity index (χ0n) is 14.0. The van der Waals surface area contributed by atoms with Crippen molar-refractivity contribution in [1.29, 1.82) is 0 Å². The lowest BCUT2D eigenvalue weighted by Gasteiger charge is -2.24. The summed E-state index contributed by atoms with van der Waals surface area (Å²) in [5.74, 6) is 0.0293. The third-order valence-corrected chi connectivity index (χ3v) is 4.74. The molecule has 0 aliphatic carbocycles. The number of benzene rings is 1. The van der Waals surface area contributed by atoms with E-state index in [4.69, 9.17) is 25.5 Å². The van der Waals surface area contributed by atoms with Crippen LogP contribution in [0.4, 0.5) is 0 Å². The van der Waals surface area contributed by atoms with Crippen LogP contribution in [0, 0.1) is 0 Å². The summed E-state index contributed by atoms with van der Waals surface area (Å²) in [6, 6.07) is 8.74. The molecule has 1 aliphatic heterocycles. The van der Waals surface area contributed by atoms with Crippen molar-refractivity contribution in [3.8, 4) is 5.75 Å². The molecular weight excluding hydrogens is 356 g/mol. The minimum absolute atomic E-state index is 0.147. The predicted octanol–water partition coefficient (Wildman–Crippen LogP) is 2.12. The number of pyridine rings is 1. The number of halogens is 1. The lowest BCUT2D eigenvalue weighted by molar-refractivity contribution is -0.921. The summed E-state index contributed by atoms with van der Waals surface area (Å²) in [5, 5.41) is 1.34. The van der Waals surface area contributed by atoms with Crippen LogP contribution in [-0.2, 0) is 11.3 Å². The van der Waals surface area contributed by atoms with Gasteiger partial charge in [0.05, 0.1) is 30.1 Å². The van der Waals surface area contributed by atoms with Crippen LogP contribution in [0.25, 0.3) is 10.9 Å². The quantitative estimate of drug-likeness (QED) is 0.560. The molecule has 0 radical (unpaired) electrons. The molecule has 0 unspecified atom stereocenters. The van der Waals surface area contributed by atoms with Crippen LogP contribution < -0.4 is 9.64 Å². The summed E-state index contributed by atoms with van der Waals surface area (Å²) in [5.41, 5.74) is 1.42. The van der Waals surface area contributed by atoms with Crippen LogP contribution in [0.2, 0.25) is 5.02 Å². The van der Waals surface area contributed by atoms with Crippen LogP contribution in [-0.4, -0.2) is 37.3 Å². The van der Waals surface area contributed by atoms with Crippen LogP contribution in [0.1, 0.15) is 16.1 Å². The highest BCUT2D eigenvalue weighted by Crippen LogP contribution is 2.34. The van der Waals surface area contributed by atoms with Crippen LogP contribution in [0.5, 0.6) is 5.75 Å². The van der Waals surface area contributed by atoms with Crippen LogP contribution in [0.15, 0.2) is 47.2 Å². The van der Waals surface area contributed by atoms with E-state index >= 15 is 0 Å². The first kappa shape index (κ1) is 17.0. The largest absolute Gasteiger partial charge is 0.457 e. The topological polar surface area (TPSA) is 66.0 Å². The van der Waals surface area contributed by atoms with Crippen molar-refractivity contribution >= 4 is 28.5 Å². The van der Waals surface area contributed by atoms with Gasteiger partial charge >= 0.3 is 5.97 Å². The summed E-state index contributed by atoms with van der Waals surface area (Å²) in [6.07, 6.45) is 3.10. The summed E-state index contributed by atoms with van der Waals surface area (Å²) >= 11 is 6.46. The number of nitrogens with zero attached hydrogens (tertiary/aromatic N) is 1. The van der Waals surface area contributed by atoms with Gasteiger partial charge in [-0.05, 0) is 30.3 Å². The second-order valence-corrected chi connectivity index (χ2v) is 6.56. The highest BCUT2D eigenvalue weighted by Gasteiger charge is 2.23. The number of morpholine rings is 1. The van der Waals surface area contributed by atoms with E-state index in [2.05, 4.69) is 4.98 Å². The van der Waals surface area contributed by atoms with E-state index in [-0.39, 0.29) is 5.76 Å². The van der Waals surface area contributed by atoms with Gasteiger partial charge in [0, 0.05) is 11.6 Å². The molecule has 1 aliphatic rings. The monoisotopic (exact) mass is 373 g/mol. The molecule has 0 amide bonds. The standard InChI is InChI=1S/C19H17ClN2O4/c20-15-11-13(12-22-6-9-24-10-7-22)18(17-14(15)3-1-5-21-17)26-19(23)16-4-2-8-25-16/h1-5,8,11H,6-7,9-10,12H2/p+1. The van der Waals surface area contributed by atoms with Crippen LogP contribution in [0.3, 0.4) is 0 Å². The summed E-state index contributed by atoms with van der Waals surface area (Å²) in [4.78, 5) is 18.2. The van der Waals surface area contributed by atoms with E-state index in [0.717, 1.165) is 37.3 Å². The Morgan fingerprint density at radius 1 is 1.27 bits per heavy atom. The summed E-state index contributed by atoms with van der Waals surface area (Å²) < 4.78 is 16.3. The smallest absolute Gasteiger partial charge is 0.379 e. The van der Waals surface area contributed by atoms with Crippen molar-refractivity contribution < 1.29 is 23.6 Å². The van der Waals surface area contributed by atoms with Gasteiger partial charge < -0.3 is 18.8 Å². The van der Waals surface area contributed by atoms with Gasteiger partial charge in [0.1, 0.15) is 25.2 Å². The fourth-order valence-corrected chi connectivity index (χ4v) is 3.40. The van der Waals surface area contributed by atoms with Gasteiger partial charge in [-0.1, -0.05) is 11.6 Å². The van der Waals surface area contributed by atoms with Gasteiger partial charge in [-0.15, -0.1) is 0 Å². The first-order valence-corrected chi connectivity index (χ1v) is 8.83. The Labute approximate surface area is 155 Å². The lowest BCUT2D eigenvalue weighted by atomic mass is 10.1. The molecular formula is C19H18ClN2O4+. The average molecular weight is 374 g/mol. The highest BCUT2D eigenvalue weighted by atomic mass is 35.5. The van der Waals surface area contributed by atoms with E-state index in [1.165, 1.54) is 11.2 Å². The molecule has 7 heteroatoms. The molecule has 0 bridgehead atoms. The van der Waals surface area contributed by atoms with Gasteiger partial charge in [-0.2, -0.15) is 0 Å². The first-order valence-electron chi connectivity index (χ1n) is 8.45. The molecule has 0 spiro atoms. The molecule has 1 fully saturated rings. The maximum Gasteiger partial charge on any atom is 0.379 e. The third-order valence-electron chi connectivity index (χ3n) is 4.43. The maximum absolute atomic E-state index is 12.4. The Bertz CT molecular complexity index is 921. The third kappa shape index (κ3) is 3.44. The zero-order chi connectivity index (χ0) is 17.9. The average Bonchev–Trinajstić information content (AvgIpc) is 3.20. The lowest BCUT2D eigenvalue weighted by Crippen LogP contribution is -3.12. The van der Waals surface area contributed by atoms with Crippen molar-refractivity contribution in [1.82, 2.24) is 4.98 Å². The van der Waals surface area contributed by atoms with Crippen molar-refractivity contribution in [2.45, 2.75) is 6.54 Å². The van der Waals surface area contributed by atoms with Crippen molar-refractivity contribution in [2.75, 3.05) is 26.3 Å². The number of furan rings is 1. The Balaban J connectivity index is 1.74. The Kier molecular flexibility index (Phi) is 4.88. The minimum Gasteiger partial charge on any atom is -0.457 e.